The van der Waals surface area contributed by atoms with Gasteiger partial charge in [-0.3, -0.25) is 9.59 Å². The zero-order valence-corrected chi connectivity index (χ0v) is 23.6. The SMILES string of the molecule is CN1CCC(NC(=O)c2ccc(Nc3cc(NC4CCN(c5ccc(C#N)cn5)CC4)c(C(N)=O)cn3)cc2N)CC1. The summed E-state index contributed by atoms with van der Waals surface area (Å²) in [5, 5.41) is 18.8. The molecule has 12 nitrogen and oxygen atoms in total. The molecule has 2 aliphatic heterocycles. The molecular weight excluding hydrogens is 532 g/mol. The van der Waals surface area contributed by atoms with Gasteiger partial charge in [0.25, 0.3) is 11.8 Å². The largest absolute Gasteiger partial charge is 0.398 e. The third-order valence-corrected chi connectivity index (χ3v) is 7.85. The number of hydrogen-bond acceptors (Lipinski definition) is 10. The Labute approximate surface area is 245 Å². The number of amides is 2. The van der Waals surface area contributed by atoms with Crippen LogP contribution in [0.1, 0.15) is 52.0 Å². The lowest BCUT2D eigenvalue weighted by Crippen LogP contribution is -2.43. The molecule has 2 amide bonds. The number of aromatic nitrogens is 2. The van der Waals surface area contributed by atoms with Gasteiger partial charge in [0, 0.05) is 55.0 Å². The molecule has 0 bridgehead atoms. The Balaban J connectivity index is 1.22. The van der Waals surface area contributed by atoms with E-state index in [0.29, 0.717) is 39.6 Å². The van der Waals surface area contributed by atoms with Gasteiger partial charge in [-0.2, -0.15) is 5.26 Å². The van der Waals surface area contributed by atoms with Gasteiger partial charge in [-0.15, -0.1) is 0 Å². The summed E-state index contributed by atoms with van der Waals surface area (Å²) in [7, 11) is 2.08. The predicted molar refractivity (Wildman–Crippen MR) is 163 cm³/mol. The zero-order valence-electron chi connectivity index (χ0n) is 23.6. The first-order valence-corrected chi connectivity index (χ1v) is 14.1. The van der Waals surface area contributed by atoms with Crippen LogP contribution >= 0.6 is 0 Å². The lowest BCUT2D eigenvalue weighted by atomic mass is 10.0. The lowest BCUT2D eigenvalue weighted by molar-refractivity contribution is 0.0917. The van der Waals surface area contributed by atoms with E-state index >= 15 is 0 Å². The minimum Gasteiger partial charge on any atom is -0.398 e. The van der Waals surface area contributed by atoms with Crippen molar-refractivity contribution in [3.8, 4) is 6.07 Å². The second-order valence-corrected chi connectivity index (χ2v) is 10.9. The summed E-state index contributed by atoms with van der Waals surface area (Å²) in [5.41, 5.74) is 14.8. The van der Waals surface area contributed by atoms with E-state index in [9.17, 15) is 9.59 Å². The highest BCUT2D eigenvalue weighted by Crippen LogP contribution is 2.27. The molecule has 2 saturated heterocycles. The highest BCUT2D eigenvalue weighted by Gasteiger charge is 2.23. The first kappa shape index (κ1) is 28.6. The average Bonchev–Trinajstić information content (AvgIpc) is 2.99. The van der Waals surface area contributed by atoms with Gasteiger partial charge in [0.05, 0.1) is 22.4 Å². The molecule has 5 rings (SSSR count). The van der Waals surface area contributed by atoms with Gasteiger partial charge in [0.1, 0.15) is 17.7 Å². The molecule has 2 fully saturated rings. The molecule has 4 heterocycles. The normalized spacial score (nSPS) is 16.4. The molecule has 0 radical (unpaired) electrons. The number of anilines is 5. The fraction of sp³-hybridized carbons (Fsp3) is 0.367. The standard InChI is InChI=1S/C30H36N10O2/c1-39-10-6-21(7-11-39)38-30(42)23-4-3-22(14-25(23)32)37-27-15-26(24(18-34-27)29(33)41)36-20-8-12-40(13-9-20)28-5-2-19(16-31)17-35-28/h2-5,14-15,17-18,20-21H,6-13,32H2,1H3,(H2,33,41)(H,38,42)(H2,34,36,37). The Hall–Kier alpha value is -4.89. The Morgan fingerprint density at radius 1 is 0.952 bits per heavy atom. The number of nitrogens with two attached hydrogens (primary N) is 2. The van der Waals surface area contributed by atoms with E-state index in [4.69, 9.17) is 16.7 Å². The van der Waals surface area contributed by atoms with Crippen LogP contribution in [-0.2, 0) is 0 Å². The molecule has 2 aromatic heterocycles. The third-order valence-electron chi connectivity index (χ3n) is 7.85. The molecule has 0 unspecified atom stereocenters. The summed E-state index contributed by atoms with van der Waals surface area (Å²) in [6.45, 7) is 3.46. The molecule has 7 N–H and O–H groups in total. The van der Waals surface area contributed by atoms with Crippen molar-refractivity contribution in [2.24, 2.45) is 5.73 Å². The van der Waals surface area contributed by atoms with Crippen molar-refractivity contribution in [2.75, 3.05) is 54.5 Å². The zero-order chi connectivity index (χ0) is 29.6. The Morgan fingerprint density at radius 2 is 1.69 bits per heavy atom. The van der Waals surface area contributed by atoms with Crippen molar-refractivity contribution in [1.29, 1.82) is 5.26 Å². The maximum absolute atomic E-state index is 12.8. The second-order valence-electron chi connectivity index (χ2n) is 10.9. The van der Waals surface area contributed by atoms with Crippen LogP contribution in [0.2, 0.25) is 0 Å². The van der Waals surface area contributed by atoms with Crippen LogP contribution in [0.15, 0.2) is 48.8 Å². The maximum atomic E-state index is 12.8. The van der Waals surface area contributed by atoms with Crippen molar-refractivity contribution in [1.82, 2.24) is 20.2 Å². The topological polar surface area (TPSA) is 178 Å². The van der Waals surface area contributed by atoms with Gasteiger partial charge < -0.3 is 37.2 Å². The quantitative estimate of drug-likeness (QED) is 0.254. The summed E-state index contributed by atoms with van der Waals surface area (Å²) >= 11 is 0. The van der Waals surface area contributed by atoms with Gasteiger partial charge in [0.2, 0.25) is 0 Å². The minimum atomic E-state index is -0.569. The smallest absolute Gasteiger partial charge is 0.253 e. The summed E-state index contributed by atoms with van der Waals surface area (Å²) in [5.74, 6) is 0.597. The number of nitrogens with one attached hydrogen (secondary N) is 3. The van der Waals surface area contributed by atoms with E-state index in [0.717, 1.165) is 57.7 Å². The Kier molecular flexibility index (Phi) is 8.68. The fourth-order valence-corrected chi connectivity index (χ4v) is 5.36. The van der Waals surface area contributed by atoms with E-state index in [1.54, 1.807) is 36.5 Å². The van der Waals surface area contributed by atoms with Gasteiger partial charge in [-0.25, -0.2) is 9.97 Å². The number of nitrogens with zero attached hydrogens (tertiary/aromatic N) is 5. The molecule has 42 heavy (non-hydrogen) atoms. The highest BCUT2D eigenvalue weighted by atomic mass is 16.2. The highest BCUT2D eigenvalue weighted by molar-refractivity contribution is 6.00. The molecule has 0 spiro atoms. The maximum Gasteiger partial charge on any atom is 0.253 e. The third kappa shape index (κ3) is 6.87. The van der Waals surface area contributed by atoms with Crippen LogP contribution in [0.25, 0.3) is 0 Å². The Bertz CT molecular complexity index is 1470. The molecule has 0 atom stereocenters. The molecule has 2 aliphatic rings. The van der Waals surface area contributed by atoms with Crippen molar-refractivity contribution in [3.05, 3.63) is 65.5 Å². The summed E-state index contributed by atoms with van der Waals surface area (Å²) in [4.78, 5) is 38.2. The number of primary amides is 1. The van der Waals surface area contributed by atoms with E-state index in [1.165, 1.54) is 6.20 Å². The average molecular weight is 569 g/mol. The van der Waals surface area contributed by atoms with E-state index in [2.05, 4.69) is 48.8 Å². The number of carbonyl (C=O) groups excluding carboxylic acids is 2. The van der Waals surface area contributed by atoms with Crippen LogP contribution < -0.4 is 32.3 Å². The van der Waals surface area contributed by atoms with Crippen molar-refractivity contribution >= 4 is 40.5 Å². The van der Waals surface area contributed by atoms with Crippen LogP contribution in [-0.4, -0.2) is 72.0 Å². The summed E-state index contributed by atoms with van der Waals surface area (Å²) < 4.78 is 0. The Morgan fingerprint density at radius 3 is 2.33 bits per heavy atom. The first-order chi connectivity index (χ1) is 20.3. The van der Waals surface area contributed by atoms with E-state index < -0.39 is 5.91 Å². The molecule has 0 saturated carbocycles. The van der Waals surface area contributed by atoms with Crippen LogP contribution in [0.4, 0.5) is 28.7 Å². The first-order valence-electron chi connectivity index (χ1n) is 14.1. The van der Waals surface area contributed by atoms with Crippen LogP contribution in [0.3, 0.4) is 0 Å². The number of benzene rings is 1. The number of nitrogen functional groups attached to an aromatic ring is 1. The van der Waals surface area contributed by atoms with Crippen LogP contribution in [0, 0.1) is 11.3 Å². The molecule has 218 valence electrons. The fourth-order valence-electron chi connectivity index (χ4n) is 5.36. The lowest BCUT2D eigenvalue weighted by Gasteiger charge is -2.34. The number of carbonyl (C=O) groups is 2. The van der Waals surface area contributed by atoms with Gasteiger partial charge in [0.15, 0.2) is 0 Å². The van der Waals surface area contributed by atoms with Gasteiger partial charge in [-0.1, -0.05) is 0 Å². The number of nitriles is 1. The van der Waals surface area contributed by atoms with E-state index in [-0.39, 0.29) is 18.0 Å². The van der Waals surface area contributed by atoms with Crippen molar-refractivity contribution in [2.45, 2.75) is 37.8 Å². The minimum absolute atomic E-state index is 0.117. The van der Waals surface area contributed by atoms with Crippen molar-refractivity contribution in [3.63, 3.8) is 0 Å². The molecule has 12 heteroatoms. The number of likely N-dealkylation sites (tertiary alicyclic amines) is 1. The predicted octanol–water partition coefficient (Wildman–Crippen LogP) is 2.68. The van der Waals surface area contributed by atoms with E-state index in [1.807, 2.05) is 6.07 Å². The van der Waals surface area contributed by atoms with Gasteiger partial charge >= 0.3 is 0 Å². The number of piperidine rings is 2. The summed E-state index contributed by atoms with van der Waals surface area (Å²) in [6.07, 6.45) is 6.51. The number of pyridine rings is 2. The number of hydrogen-bond donors (Lipinski definition) is 5. The molecular formula is C30H36N10O2. The molecule has 3 aromatic rings. The summed E-state index contributed by atoms with van der Waals surface area (Å²) in [6, 6.07) is 12.9. The monoisotopic (exact) mass is 568 g/mol. The van der Waals surface area contributed by atoms with Crippen molar-refractivity contribution < 1.29 is 9.59 Å². The van der Waals surface area contributed by atoms with Gasteiger partial charge in [-0.05, 0) is 76.2 Å². The molecule has 0 aliphatic carbocycles. The number of rotatable bonds is 8. The second kappa shape index (κ2) is 12.7. The molecule has 1 aromatic carbocycles. The van der Waals surface area contributed by atoms with Crippen LogP contribution in [0.5, 0.6) is 0 Å².